The fraction of sp³-hybridized carbons (Fsp3) is 0.905. The molecule has 0 aromatic carbocycles. The van der Waals surface area contributed by atoms with Crippen LogP contribution in [-0.4, -0.2) is 40.8 Å². The lowest BCUT2D eigenvalue weighted by molar-refractivity contribution is -0.141. The van der Waals surface area contributed by atoms with Gasteiger partial charge in [-0.25, -0.2) is 0 Å². The van der Waals surface area contributed by atoms with Gasteiger partial charge in [-0.1, -0.05) is 84.0 Å². The highest BCUT2D eigenvalue weighted by Gasteiger charge is 2.30. The molecular weight excluding hydrogens is 344 g/mol. The van der Waals surface area contributed by atoms with Gasteiger partial charge in [0.1, 0.15) is 6.04 Å². The topological polar surface area (TPSA) is 113 Å². The number of nitrogens with one attached hydrogen (secondary N) is 1. The first kappa shape index (κ1) is 25.9. The summed E-state index contributed by atoms with van der Waals surface area (Å²) in [6, 6.07) is -0.745. The van der Waals surface area contributed by atoms with Crippen LogP contribution in [0, 0.1) is 0 Å². The highest BCUT2D eigenvalue weighted by atomic mass is 16.4. The van der Waals surface area contributed by atoms with Gasteiger partial charge in [0.25, 0.3) is 0 Å². The lowest BCUT2D eigenvalue weighted by Crippen LogP contribution is -2.38. The highest BCUT2D eigenvalue weighted by molar-refractivity contribution is 5.74. The zero-order valence-corrected chi connectivity index (χ0v) is 17.3. The van der Waals surface area contributed by atoms with Gasteiger partial charge in [0.05, 0.1) is 6.10 Å². The van der Waals surface area contributed by atoms with E-state index in [9.17, 15) is 9.59 Å². The molecule has 27 heavy (non-hydrogen) atoms. The van der Waals surface area contributed by atoms with Gasteiger partial charge < -0.3 is 21.3 Å². The number of hydrogen-bond acceptors (Lipinski definition) is 4. The first-order chi connectivity index (χ1) is 13.0. The number of aliphatic hydroxyl groups excluding tert-OH is 1. The third-order valence-electron chi connectivity index (χ3n) is 4.98. The van der Waals surface area contributed by atoms with Crippen molar-refractivity contribution in [3.05, 3.63) is 0 Å². The molecule has 1 amide bonds. The molecule has 1 aliphatic heterocycles. The Kier molecular flexibility index (Phi) is 17.5. The van der Waals surface area contributed by atoms with Crippen LogP contribution in [0.15, 0.2) is 0 Å². The molecule has 1 unspecified atom stereocenters. The number of amides is 1. The molecule has 1 rings (SSSR count). The average Bonchev–Trinajstić information content (AvgIpc) is 3.05. The number of carbonyl (C=O) groups is 2. The summed E-state index contributed by atoms with van der Waals surface area (Å²) >= 11 is 0. The van der Waals surface area contributed by atoms with Crippen molar-refractivity contribution in [2.24, 2.45) is 5.73 Å². The van der Waals surface area contributed by atoms with E-state index in [-0.39, 0.29) is 5.91 Å². The van der Waals surface area contributed by atoms with E-state index in [1.165, 1.54) is 77.0 Å². The number of nitrogens with two attached hydrogens (primary N) is 1. The fourth-order valence-electron chi connectivity index (χ4n) is 3.26. The Balaban J connectivity index is 0.000000621. The molecule has 0 aliphatic carbocycles. The summed E-state index contributed by atoms with van der Waals surface area (Å²) in [6.45, 7) is 2.86. The van der Waals surface area contributed by atoms with Crippen molar-refractivity contribution in [3.8, 4) is 0 Å². The molecule has 0 radical (unpaired) electrons. The Hall–Kier alpha value is -1.14. The minimum Gasteiger partial charge on any atom is -0.480 e. The van der Waals surface area contributed by atoms with Gasteiger partial charge in [-0.3, -0.25) is 9.59 Å². The summed E-state index contributed by atoms with van der Waals surface area (Å²) in [5.41, 5.74) is 5.09. The van der Waals surface area contributed by atoms with Crippen molar-refractivity contribution in [2.75, 3.05) is 6.54 Å². The van der Waals surface area contributed by atoms with Crippen LogP contribution in [0.25, 0.3) is 0 Å². The quantitative estimate of drug-likeness (QED) is 0.320. The van der Waals surface area contributed by atoms with E-state index in [0.717, 1.165) is 6.42 Å². The molecule has 0 spiro atoms. The lowest BCUT2D eigenvalue weighted by Gasteiger charge is -2.06. The van der Waals surface area contributed by atoms with E-state index >= 15 is 0 Å². The summed E-state index contributed by atoms with van der Waals surface area (Å²) in [5, 5.41) is 19.9. The molecule has 1 heterocycles. The second kappa shape index (κ2) is 18.2. The number of hydrogen-bond donors (Lipinski definition) is 4. The van der Waals surface area contributed by atoms with E-state index in [2.05, 4.69) is 12.2 Å². The van der Waals surface area contributed by atoms with E-state index < -0.39 is 18.1 Å². The van der Waals surface area contributed by atoms with Crippen LogP contribution in [0.2, 0.25) is 0 Å². The second-order valence-corrected chi connectivity index (χ2v) is 7.59. The molecule has 0 bridgehead atoms. The maximum Gasteiger partial charge on any atom is 0.323 e. The Labute approximate surface area is 165 Å². The molecule has 0 aromatic heterocycles. The van der Waals surface area contributed by atoms with Crippen LogP contribution < -0.4 is 11.1 Å². The van der Waals surface area contributed by atoms with Gasteiger partial charge in [0, 0.05) is 6.42 Å². The summed E-state index contributed by atoms with van der Waals surface area (Å²) in [4.78, 5) is 20.7. The molecule has 6 heteroatoms. The van der Waals surface area contributed by atoms with Crippen LogP contribution in [0.4, 0.5) is 0 Å². The number of aliphatic hydroxyl groups is 1. The summed E-state index contributed by atoms with van der Waals surface area (Å²) in [6.07, 6.45) is 17.8. The Morgan fingerprint density at radius 2 is 1.33 bits per heavy atom. The summed E-state index contributed by atoms with van der Waals surface area (Å²) < 4.78 is 0. The predicted molar refractivity (Wildman–Crippen MR) is 110 cm³/mol. The van der Waals surface area contributed by atoms with Crippen LogP contribution in [0.5, 0.6) is 0 Å². The zero-order chi connectivity index (χ0) is 20.3. The van der Waals surface area contributed by atoms with Crippen molar-refractivity contribution < 1.29 is 19.8 Å². The van der Waals surface area contributed by atoms with Gasteiger partial charge in [-0.2, -0.15) is 0 Å². The Morgan fingerprint density at radius 3 is 1.63 bits per heavy atom. The molecule has 1 aliphatic rings. The van der Waals surface area contributed by atoms with Crippen LogP contribution in [0.3, 0.4) is 0 Å². The van der Waals surface area contributed by atoms with Crippen molar-refractivity contribution >= 4 is 11.9 Å². The molecule has 160 valence electrons. The number of rotatable bonds is 15. The van der Waals surface area contributed by atoms with Crippen molar-refractivity contribution in [1.82, 2.24) is 5.32 Å². The molecule has 5 N–H and O–H groups in total. The molecular formula is C21H42N2O4. The first-order valence-electron chi connectivity index (χ1n) is 10.9. The normalized spacial score (nSPS) is 18.7. The first-order valence-corrected chi connectivity index (χ1v) is 10.9. The number of carboxylic acid groups (broad SMARTS) is 1. The molecule has 1 fully saturated rings. The second-order valence-electron chi connectivity index (χ2n) is 7.59. The van der Waals surface area contributed by atoms with Gasteiger partial charge in [0.2, 0.25) is 5.91 Å². The van der Waals surface area contributed by atoms with Crippen molar-refractivity contribution in [2.45, 2.75) is 115 Å². The summed E-state index contributed by atoms with van der Waals surface area (Å²) in [5.74, 6) is -1.13. The van der Waals surface area contributed by atoms with E-state index in [1.807, 2.05) is 0 Å². The van der Waals surface area contributed by atoms with Crippen LogP contribution in [-0.2, 0) is 9.59 Å². The van der Waals surface area contributed by atoms with E-state index in [4.69, 9.17) is 15.9 Å². The molecule has 1 saturated heterocycles. The highest BCUT2D eigenvalue weighted by Crippen LogP contribution is 2.12. The standard InChI is InChI=1S/C16H33NO.C5H9NO3/c1-2-3-4-5-6-7-8-9-10-11-12-13-14-15-16(17)18;7-3-1-2-6-4(3)5(8)9/h2-15H2,1H3,(H2,17,18);3-4,6-7H,1-2H2,(H,8,9)/t;3?,4-/m.0/s1. The third-order valence-corrected chi connectivity index (χ3v) is 4.98. The fourth-order valence-corrected chi connectivity index (χ4v) is 3.26. The molecule has 0 saturated carbocycles. The predicted octanol–water partition coefficient (Wildman–Crippen LogP) is 3.75. The van der Waals surface area contributed by atoms with E-state index in [0.29, 0.717) is 19.4 Å². The third kappa shape index (κ3) is 16.7. The Bertz CT molecular complexity index is 377. The number of aliphatic carboxylic acids is 1. The lowest BCUT2D eigenvalue weighted by atomic mass is 10.0. The Morgan fingerprint density at radius 1 is 0.889 bits per heavy atom. The van der Waals surface area contributed by atoms with Crippen LogP contribution >= 0.6 is 0 Å². The molecule has 2 atom stereocenters. The molecule has 6 nitrogen and oxygen atoms in total. The monoisotopic (exact) mass is 386 g/mol. The maximum atomic E-state index is 10.5. The minimum absolute atomic E-state index is 0.155. The van der Waals surface area contributed by atoms with Crippen molar-refractivity contribution in [3.63, 3.8) is 0 Å². The maximum absolute atomic E-state index is 10.5. The van der Waals surface area contributed by atoms with Gasteiger partial charge in [-0.05, 0) is 19.4 Å². The average molecular weight is 387 g/mol. The largest absolute Gasteiger partial charge is 0.480 e. The number of carboxylic acids is 1. The smallest absolute Gasteiger partial charge is 0.323 e. The van der Waals surface area contributed by atoms with Gasteiger partial charge in [0.15, 0.2) is 0 Å². The van der Waals surface area contributed by atoms with Crippen LogP contribution in [0.1, 0.15) is 103 Å². The minimum atomic E-state index is -0.972. The molecule has 0 aromatic rings. The SMILES string of the molecule is CCCCCCCCCCCCCCCC(N)=O.O=C(O)[C@H]1NCCC1O. The zero-order valence-electron chi connectivity index (χ0n) is 17.3. The number of unbranched alkanes of at least 4 members (excludes halogenated alkanes) is 12. The van der Waals surface area contributed by atoms with Gasteiger partial charge >= 0.3 is 5.97 Å². The number of primary amides is 1. The van der Waals surface area contributed by atoms with Crippen molar-refractivity contribution in [1.29, 1.82) is 0 Å². The van der Waals surface area contributed by atoms with Gasteiger partial charge in [-0.15, -0.1) is 0 Å². The number of carbonyl (C=O) groups excluding carboxylic acids is 1. The van der Waals surface area contributed by atoms with E-state index in [1.54, 1.807) is 0 Å². The summed E-state index contributed by atoms with van der Waals surface area (Å²) in [7, 11) is 0.